The van der Waals surface area contributed by atoms with Crippen LogP contribution in [0.5, 0.6) is 0 Å². The molecule has 170 valence electrons. The first-order chi connectivity index (χ1) is 15.7. The van der Waals surface area contributed by atoms with E-state index in [1.807, 2.05) is 18.2 Å². The van der Waals surface area contributed by atoms with Crippen molar-refractivity contribution in [3.63, 3.8) is 0 Å². The average molecular weight is 463 g/mol. The SMILES string of the molecule is C[C@@H]1C[C@](C#N)(c2cc(F)ccc2-c2ccc(S(C)(=O)=O)cc2)CCN1Cc1ccccc1. The minimum Gasteiger partial charge on any atom is -0.296 e. The van der Waals surface area contributed by atoms with E-state index in [-0.39, 0.29) is 16.8 Å². The van der Waals surface area contributed by atoms with Crippen molar-refractivity contribution in [1.29, 1.82) is 5.26 Å². The molecule has 1 aliphatic heterocycles. The molecule has 1 saturated heterocycles. The zero-order chi connectivity index (χ0) is 23.6. The first kappa shape index (κ1) is 23.2. The smallest absolute Gasteiger partial charge is 0.175 e. The first-order valence-corrected chi connectivity index (χ1v) is 12.9. The van der Waals surface area contributed by atoms with E-state index in [2.05, 4.69) is 30.0 Å². The third kappa shape index (κ3) is 4.85. The van der Waals surface area contributed by atoms with E-state index in [0.717, 1.165) is 24.2 Å². The lowest BCUT2D eigenvalue weighted by Gasteiger charge is -2.43. The Kier molecular flexibility index (Phi) is 6.38. The second kappa shape index (κ2) is 9.09. The van der Waals surface area contributed by atoms with Crippen LogP contribution < -0.4 is 0 Å². The summed E-state index contributed by atoms with van der Waals surface area (Å²) in [5, 5.41) is 10.3. The summed E-state index contributed by atoms with van der Waals surface area (Å²) >= 11 is 0. The van der Waals surface area contributed by atoms with Crippen LogP contribution in [0, 0.1) is 17.1 Å². The van der Waals surface area contributed by atoms with Crippen LogP contribution in [0.2, 0.25) is 0 Å². The lowest BCUT2D eigenvalue weighted by atomic mass is 9.69. The van der Waals surface area contributed by atoms with E-state index < -0.39 is 15.3 Å². The zero-order valence-electron chi connectivity index (χ0n) is 18.8. The second-order valence-electron chi connectivity index (χ2n) is 8.94. The molecule has 0 aliphatic carbocycles. The zero-order valence-corrected chi connectivity index (χ0v) is 19.6. The number of piperidine rings is 1. The summed E-state index contributed by atoms with van der Waals surface area (Å²) in [4.78, 5) is 2.60. The van der Waals surface area contributed by atoms with Gasteiger partial charge in [-0.3, -0.25) is 4.90 Å². The monoisotopic (exact) mass is 462 g/mol. The third-order valence-corrected chi connectivity index (χ3v) is 7.75. The van der Waals surface area contributed by atoms with E-state index in [1.165, 1.54) is 24.0 Å². The number of likely N-dealkylation sites (tertiary alicyclic amines) is 1. The van der Waals surface area contributed by atoms with Gasteiger partial charge in [-0.2, -0.15) is 5.26 Å². The molecule has 0 N–H and O–H groups in total. The van der Waals surface area contributed by atoms with Gasteiger partial charge in [-0.1, -0.05) is 48.5 Å². The molecule has 1 heterocycles. The normalized spacial score (nSPS) is 21.5. The number of rotatable bonds is 5. The molecule has 6 heteroatoms. The number of halogens is 1. The lowest BCUT2D eigenvalue weighted by Crippen LogP contribution is -2.47. The van der Waals surface area contributed by atoms with E-state index in [4.69, 9.17) is 0 Å². The Balaban J connectivity index is 1.68. The summed E-state index contributed by atoms with van der Waals surface area (Å²) in [5.74, 6) is -0.379. The quantitative estimate of drug-likeness (QED) is 0.513. The van der Waals surface area contributed by atoms with Gasteiger partial charge < -0.3 is 0 Å². The molecule has 0 saturated carbocycles. The van der Waals surface area contributed by atoms with Crippen LogP contribution in [0.4, 0.5) is 4.39 Å². The highest BCUT2D eigenvalue weighted by molar-refractivity contribution is 7.90. The highest BCUT2D eigenvalue weighted by Gasteiger charge is 2.41. The highest BCUT2D eigenvalue weighted by atomic mass is 32.2. The number of hydrogen-bond donors (Lipinski definition) is 0. The van der Waals surface area contributed by atoms with Gasteiger partial charge in [0, 0.05) is 25.4 Å². The van der Waals surface area contributed by atoms with Crippen LogP contribution in [0.1, 0.15) is 30.9 Å². The van der Waals surface area contributed by atoms with Gasteiger partial charge in [0.05, 0.1) is 16.4 Å². The number of nitrogens with zero attached hydrogens (tertiary/aromatic N) is 2. The summed E-state index contributed by atoms with van der Waals surface area (Å²) < 4.78 is 38.1. The van der Waals surface area contributed by atoms with Crippen LogP contribution in [-0.4, -0.2) is 32.2 Å². The summed E-state index contributed by atoms with van der Waals surface area (Å²) in [6.07, 6.45) is 2.35. The van der Waals surface area contributed by atoms with Gasteiger partial charge in [0.15, 0.2) is 9.84 Å². The largest absolute Gasteiger partial charge is 0.296 e. The number of nitriles is 1. The lowest BCUT2D eigenvalue weighted by molar-refractivity contribution is 0.117. The maximum atomic E-state index is 14.4. The average Bonchev–Trinajstić information content (AvgIpc) is 2.81. The van der Waals surface area contributed by atoms with E-state index >= 15 is 0 Å². The molecule has 3 aromatic carbocycles. The fraction of sp³-hybridized carbons (Fsp3) is 0.296. The molecule has 0 aromatic heterocycles. The van der Waals surface area contributed by atoms with Crippen LogP contribution in [0.25, 0.3) is 11.1 Å². The Labute approximate surface area is 195 Å². The molecule has 4 rings (SSSR count). The van der Waals surface area contributed by atoms with Crippen LogP contribution in [0.15, 0.2) is 77.7 Å². The molecular weight excluding hydrogens is 435 g/mol. The van der Waals surface area contributed by atoms with E-state index in [9.17, 15) is 18.1 Å². The molecule has 4 nitrogen and oxygen atoms in total. The van der Waals surface area contributed by atoms with Crippen LogP contribution in [0.3, 0.4) is 0 Å². The first-order valence-electron chi connectivity index (χ1n) is 11.0. The fourth-order valence-electron chi connectivity index (χ4n) is 4.80. The Hall–Kier alpha value is -3.01. The summed E-state index contributed by atoms with van der Waals surface area (Å²) in [6, 6.07) is 24.1. The minimum absolute atomic E-state index is 0.141. The van der Waals surface area contributed by atoms with Gasteiger partial charge in [0.1, 0.15) is 5.82 Å². The third-order valence-electron chi connectivity index (χ3n) is 6.63. The molecule has 0 amide bonds. The second-order valence-corrected chi connectivity index (χ2v) is 11.0. The van der Waals surface area contributed by atoms with E-state index in [0.29, 0.717) is 18.4 Å². The number of hydrogen-bond acceptors (Lipinski definition) is 4. The van der Waals surface area contributed by atoms with Crippen molar-refractivity contribution < 1.29 is 12.8 Å². The summed E-state index contributed by atoms with van der Waals surface area (Å²) in [6.45, 7) is 3.66. The highest BCUT2D eigenvalue weighted by Crippen LogP contribution is 2.43. The molecule has 3 aromatic rings. The van der Waals surface area contributed by atoms with Gasteiger partial charge in [0.2, 0.25) is 0 Å². The Morgan fingerprint density at radius 3 is 2.39 bits per heavy atom. The van der Waals surface area contributed by atoms with Crippen molar-refractivity contribution in [1.82, 2.24) is 4.90 Å². The molecule has 0 spiro atoms. The maximum absolute atomic E-state index is 14.4. The van der Waals surface area contributed by atoms with Crippen molar-refractivity contribution in [2.45, 2.75) is 42.7 Å². The maximum Gasteiger partial charge on any atom is 0.175 e. The van der Waals surface area contributed by atoms with Crippen molar-refractivity contribution in [2.24, 2.45) is 0 Å². The van der Waals surface area contributed by atoms with Gasteiger partial charge in [0.25, 0.3) is 0 Å². The Morgan fingerprint density at radius 1 is 1.09 bits per heavy atom. The van der Waals surface area contributed by atoms with Crippen LogP contribution >= 0.6 is 0 Å². The van der Waals surface area contributed by atoms with E-state index in [1.54, 1.807) is 30.3 Å². The van der Waals surface area contributed by atoms with Gasteiger partial charge >= 0.3 is 0 Å². The van der Waals surface area contributed by atoms with Gasteiger partial charge in [-0.05, 0) is 66.3 Å². The summed E-state index contributed by atoms with van der Waals surface area (Å²) in [7, 11) is -3.31. The van der Waals surface area contributed by atoms with Crippen molar-refractivity contribution >= 4 is 9.84 Å². The predicted octanol–water partition coefficient (Wildman–Crippen LogP) is 5.34. The molecule has 0 unspecified atom stereocenters. The molecular formula is C27H27FN2O2S. The van der Waals surface area contributed by atoms with Gasteiger partial charge in [-0.25, -0.2) is 12.8 Å². The summed E-state index contributed by atoms with van der Waals surface area (Å²) in [5.41, 5.74) is 2.61. The molecule has 1 aliphatic rings. The van der Waals surface area contributed by atoms with Crippen molar-refractivity contribution in [3.8, 4) is 17.2 Å². The Bertz CT molecular complexity index is 1280. The fourth-order valence-corrected chi connectivity index (χ4v) is 5.43. The predicted molar refractivity (Wildman–Crippen MR) is 128 cm³/mol. The Morgan fingerprint density at radius 2 is 1.79 bits per heavy atom. The molecule has 2 atom stereocenters. The molecule has 0 bridgehead atoms. The number of sulfone groups is 1. The minimum atomic E-state index is -3.31. The molecule has 0 radical (unpaired) electrons. The van der Waals surface area contributed by atoms with Crippen molar-refractivity contribution in [3.05, 3.63) is 89.7 Å². The van der Waals surface area contributed by atoms with Gasteiger partial charge in [-0.15, -0.1) is 0 Å². The molecule has 1 fully saturated rings. The van der Waals surface area contributed by atoms with Crippen LogP contribution in [-0.2, 0) is 21.8 Å². The number of benzene rings is 3. The van der Waals surface area contributed by atoms with Crippen molar-refractivity contribution in [2.75, 3.05) is 12.8 Å². The topological polar surface area (TPSA) is 61.2 Å². The standard InChI is InChI=1S/C27H27FN2O2S/c1-20-17-27(19-29,14-15-30(20)18-21-6-4-3-5-7-21)26-16-23(28)10-13-25(26)22-8-11-24(12-9-22)33(2,31)32/h3-13,16,20H,14-15,17-18H2,1-2H3/t20-,27-/m1/s1. The molecule has 33 heavy (non-hydrogen) atoms.